The maximum absolute atomic E-state index is 4.99. The molecule has 2 rings (SSSR count). The van der Waals surface area contributed by atoms with Crippen LogP contribution in [0, 0.1) is 5.92 Å². The normalized spacial score (nSPS) is 16.3. The number of ether oxygens (including phenoxy) is 1. The van der Waals surface area contributed by atoms with Gasteiger partial charge >= 0.3 is 0 Å². The molecule has 0 bridgehead atoms. The maximum Gasteiger partial charge on any atom is 0.165 e. The van der Waals surface area contributed by atoms with Crippen molar-refractivity contribution < 1.29 is 4.74 Å². The van der Waals surface area contributed by atoms with Crippen molar-refractivity contribution in [3.8, 4) is 0 Å². The van der Waals surface area contributed by atoms with Crippen molar-refractivity contribution in [2.45, 2.75) is 51.6 Å². The second-order valence-electron chi connectivity index (χ2n) is 5.28. The van der Waals surface area contributed by atoms with Gasteiger partial charge in [-0.3, -0.25) is 0 Å². The highest BCUT2D eigenvalue weighted by molar-refractivity contribution is 4.79. The van der Waals surface area contributed by atoms with Gasteiger partial charge in [0.25, 0.3) is 0 Å². The molecule has 0 aromatic carbocycles. The second kappa shape index (κ2) is 8.22. The summed E-state index contributed by atoms with van der Waals surface area (Å²) < 4.78 is 6.92. The molecule has 1 fully saturated rings. The van der Waals surface area contributed by atoms with Gasteiger partial charge in [-0.15, -0.1) is 5.10 Å². The molecule has 1 N–H and O–H groups in total. The van der Waals surface area contributed by atoms with Gasteiger partial charge in [-0.25, -0.2) is 4.68 Å². The first kappa shape index (κ1) is 14.4. The van der Waals surface area contributed by atoms with Gasteiger partial charge < -0.3 is 10.1 Å². The van der Waals surface area contributed by atoms with Crippen LogP contribution in [0.15, 0.2) is 0 Å². The Kier molecular flexibility index (Phi) is 6.23. The predicted molar refractivity (Wildman–Crippen MR) is 72.6 cm³/mol. The first-order valence-electron chi connectivity index (χ1n) is 7.35. The van der Waals surface area contributed by atoms with Crippen LogP contribution in [0.4, 0.5) is 0 Å². The highest BCUT2D eigenvalue weighted by Crippen LogP contribution is 2.28. The molecule has 0 aliphatic heterocycles. The maximum atomic E-state index is 4.99. The Balaban J connectivity index is 1.66. The number of hydrogen-bond donors (Lipinski definition) is 1. The van der Waals surface area contributed by atoms with Crippen LogP contribution in [0.25, 0.3) is 0 Å². The third-order valence-electron chi connectivity index (χ3n) is 3.83. The first-order chi connectivity index (χ1) is 9.40. The number of tetrazole rings is 1. The van der Waals surface area contributed by atoms with Crippen LogP contribution in [0.5, 0.6) is 0 Å². The molecule has 1 aliphatic rings. The van der Waals surface area contributed by atoms with Gasteiger partial charge in [-0.05, 0) is 29.2 Å². The molecule has 0 amide bonds. The average Bonchev–Trinajstić information content (AvgIpc) is 3.07. The van der Waals surface area contributed by atoms with Gasteiger partial charge in [0.1, 0.15) is 0 Å². The van der Waals surface area contributed by atoms with E-state index in [1.807, 2.05) is 4.68 Å². The van der Waals surface area contributed by atoms with Gasteiger partial charge in [-0.2, -0.15) is 0 Å². The van der Waals surface area contributed by atoms with E-state index < -0.39 is 0 Å². The van der Waals surface area contributed by atoms with Crippen LogP contribution < -0.4 is 5.32 Å². The van der Waals surface area contributed by atoms with E-state index in [1.54, 1.807) is 7.11 Å². The molecule has 0 atom stereocenters. The van der Waals surface area contributed by atoms with E-state index in [-0.39, 0.29) is 0 Å². The molecule has 0 spiro atoms. The molecular formula is C13H25N5O. The van der Waals surface area contributed by atoms with E-state index in [0.717, 1.165) is 24.8 Å². The minimum atomic E-state index is 0.708. The van der Waals surface area contributed by atoms with Crippen molar-refractivity contribution in [2.24, 2.45) is 5.92 Å². The zero-order chi connectivity index (χ0) is 13.3. The lowest BCUT2D eigenvalue weighted by molar-refractivity contribution is 0.198. The molecule has 0 saturated heterocycles. The summed E-state index contributed by atoms with van der Waals surface area (Å²) in [6.45, 7) is 3.18. The fourth-order valence-corrected chi connectivity index (χ4v) is 2.73. The van der Waals surface area contributed by atoms with Gasteiger partial charge in [0.2, 0.25) is 0 Å². The Morgan fingerprint density at radius 3 is 3.00 bits per heavy atom. The third kappa shape index (κ3) is 4.87. The molecule has 19 heavy (non-hydrogen) atoms. The molecule has 1 saturated carbocycles. The lowest BCUT2D eigenvalue weighted by Gasteiger charge is -2.09. The van der Waals surface area contributed by atoms with E-state index >= 15 is 0 Å². The van der Waals surface area contributed by atoms with E-state index in [9.17, 15) is 0 Å². The number of nitrogens with zero attached hydrogens (tertiary/aromatic N) is 4. The second-order valence-corrected chi connectivity index (χ2v) is 5.28. The number of rotatable bonds is 9. The number of nitrogens with one attached hydrogen (secondary N) is 1. The Hall–Kier alpha value is -1.01. The quantitative estimate of drug-likeness (QED) is 0.685. The summed E-state index contributed by atoms with van der Waals surface area (Å²) in [6, 6.07) is 0. The summed E-state index contributed by atoms with van der Waals surface area (Å²) >= 11 is 0. The topological polar surface area (TPSA) is 64.9 Å². The third-order valence-corrected chi connectivity index (χ3v) is 3.83. The molecule has 1 aromatic rings. The lowest BCUT2D eigenvalue weighted by atomic mass is 10.0. The smallest absolute Gasteiger partial charge is 0.165 e. The largest absolute Gasteiger partial charge is 0.383 e. The lowest BCUT2D eigenvalue weighted by Crippen LogP contribution is -2.21. The number of aryl methyl sites for hydroxylation is 1. The van der Waals surface area contributed by atoms with Crippen LogP contribution >= 0.6 is 0 Å². The summed E-state index contributed by atoms with van der Waals surface area (Å²) in [6.07, 6.45) is 8.17. The Labute approximate surface area is 114 Å². The van der Waals surface area contributed by atoms with Crippen molar-refractivity contribution in [2.75, 3.05) is 20.3 Å². The van der Waals surface area contributed by atoms with Gasteiger partial charge in [0, 0.05) is 20.2 Å². The van der Waals surface area contributed by atoms with Crippen LogP contribution in [0.3, 0.4) is 0 Å². The summed E-state index contributed by atoms with van der Waals surface area (Å²) in [5.74, 6) is 1.86. The zero-order valence-corrected chi connectivity index (χ0v) is 11.8. The van der Waals surface area contributed by atoms with Crippen molar-refractivity contribution in [3.05, 3.63) is 5.82 Å². The SMILES string of the molecule is COCCNCc1nnnn1CCCC1CCCC1. The Morgan fingerprint density at radius 2 is 2.21 bits per heavy atom. The molecule has 6 nitrogen and oxygen atoms in total. The van der Waals surface area contributed by atoms with E-state index in [0.29, 0.717) is 13.2 Å². The summed E-state index contributed by atoms with van der Waals surface area (Å²) in [5.41, 5.74) is 0. The molecule has 1 aliphatic carbocycles. The summed E-state index contributed by atoms with van der Waals surface area (Å²) in [4.78, 5) is 0. The van der Waals surface area contributed by atoms with Crippen molar-refractivity contribution in [1.29, 1.82) is 0 Å². The van der Waals surface area contributed by atoms with Crippen LogP contribution in [-0.2, 0) is 17.8 Å². The molecule has 108 valence electrons. The molecule has 6 heteroatoms. The fraction of sp³-hybridized carbons (Fsp3) is 0.923. The summed E-state index contributed by atoms with van der Waals surface area (Å²) in [5, 5.41) is 15.2. The van der Waals surface area contributed by atoms with Crippen LogP contribution in [-0.4, -0.2) is 40.5 Å². The van der Waals surface area contributed by atoms with Crippen molar-refractivity contribution in [1.82, 2.24) is 25.5 Å². The minimum Gasteiger partial charge on any atom is -0.383 e. The molecule has 1 heterocycles. The predicted octanol–water partition coefficient (Wildman–Crippen LogP) is 1.38. The first-order valence-corrected chi connectivity index (χ1v) is 7.35. The van der Waals surface area contributed by atoms with E-state index in [1.165, 1.54) is 38.5 Å². The fourth-order valence-electron chi connectivity index (χ4n) is 2.73. The average molecular weight is 267 g/mol. The van der Waals surface area contributed by atoms with Crippen molar-refractivity contribution >= 4 is 0 Å². The van der Waals surface area contributed by atoms with E-state index in [2.05, 4.69) is 20.8 Å². The Bertz CT molecular complexity index is 349. The molecule has 1 aromatic heterocycles. The molecular weight excluding hydrogens is 242 g/mol. The minimum absolute atomic E-state index is 0.708. The highest BCUT2D eigenvalue weighted by atomic mass is 16.5. The monoisotopic (exact) mass is 267 g/mol. The van der Waals surface area contributed by atoms with E-state index in [4.69, 9.17) is 4.74 Å². The number of hydrogen-bond acceptors (Lipinski definition) is 5. The number of aromatic nitrogens is 4. The molecule has 0 radical (unpaired) electrons. The highest BCUT2D eigenvalue weighted by Gasteiger charge is 2.14. The van der Waals surface area contributed by atoms with Gasteiger partial charge in [0.05, 0.1) is 13.2 Å². The Morgan fingerprint density at radius 1 is 1.37 bits per heavy atom. The number of methoxy groups -OCH3 is 1. The zero-order valence-electron chi connectivity index (χ0n) is 11.8. The molecule has 0 unspecified atom stereocenters. The van der Waals surface area contributed by atoms with Crippen LogP contribution in [0.1, 0.15) is 44.3 Å². The van der Waals surface area contributed by atoms with Gasteiger partial charge in [-0.1, -0.05) is 25.7 Å². The van der Waals surface area contributed by atoms with Gasteiger partial charge in [0.15, 0.2) is 5.82 Å². The standard InChI is InChI=1S/C13H25N5O/c1-19-10-8-14-11-13-15-16-17-18(13)9-4-7-12-5-2-3-6-12/h12,14H,2-11H2,1H3. The van der Waals surface area contributed by atoms with Crippen LogP contribution in [0.2, 0.25) is 0 Å². The summed E-state index contributed by atoms with van der Waals surface area (Å²) in [7, 11) is 1.70. The van der Waals surface area contributed by atoms with Crippen molar-refractivity contribution in [3.63, 3.8) is 0 Å².